The number of allylic oxidation sites excluding steroid dienone is 4. The number of halogens is 1. The Morgan fingerprint density at radius 3 is 2.55 bits per heavy atom. The molecule has 0 bridgehead atoms. The van der Waals surface area contributed by atoms with Crippen molar-refractivity contribution < 1.29 is 14.4 Å². The third kappa shape index (κ3) is 3.60. The molecule has 0 atom stereocenters. The van der Waals surface area contributed by atoms with E-state index in [0.717, 1.165) is 5.57 Å². The second kappa shape index (κ2) is 6.83. The standard InChI is InChI=1S/C17H16BrNO3/c1-10(2)13-9-16(20)11(3)8-15(13)19-22-17(21)12-6-4-5-7-14(12)18/h4-10H,1-3H3/b19-15+. The van der Waals surface area contributed by atoms with Crippen LogP contribution in [-0.4, -0.2) is 17.5 Å². The van der Waals surface area contributed by atoms with E-state index in [0.29, 0.717) is 21.3 Å². The number of carbonyl (C=O) groups excluding carboxylic acids is 2. The van der Waals surface area contributed by atoms with Crippen molar-refractivity contribution >= 4 is 33.4 Å². The summed E-state index contributed by atoms with van der Waals surface area (Å²) in [6, 6.07) is 6.96. The lowest BCUT2D eigenvalue weighted by molar-refractivity contribution is -0.111. The van der Waals surface area contributed by atoms with E-state index in [1.54, 1.807) is 37.3 Å². The highest BCUT2D eigenvalue weighted by atomic mass is 79.9. The Balaban J connectivity index is 2.25. The van der Waals surface area contributed by atoms with E-state index in [2.05, 4.69) is 21.1 Å². The number of carbonyl (C=O) groups is 2. The fourth-order valence-corrected chi connectivity index (χ4v) is 2.44. The fraction of sp³-hybridized carbons (Fsp3) is 0.235. The molecule has 1 aliphatic carbocycles. The first kappa shape index (κ1) is 16.4. The molecular formula is C17H16BrNO3. The van der Waals surface area contributed by atoms with Crippen LogP contribution in [-0.2, 0) is 9.63 Å². The SMILES string of the molecule is CC1=C/C(=N\OC(=O)c2ccccc2Br)C(C(C)C)=CC1=O. The van der Waals surface area contributed by atoms with E-state index in [4.69, 9.17) is 4.84 Å². The maximum absolute atomic E-state index is 12.1. The molecule has 0 saturated heterocycles. The van der Waals surface area contributed by atoms with Gasteiger partial charge in [-0.15, -0.1) is 0 Å². The van der Waals surface area contributed by atoms with Crippen LogP contribution in [0.2, 0.25) is 0 Å². The van der Waals surface area contributed by atoms with Crippen LogP contribution in [0.3, 0.4) is 0 Å². The van der Waals surface area contributed by atoms with Gasteiger partial charge in [0, 0.05) is 4.47 Å². The number of nitrogens with zero attached hydrogens (tertiary/aromatic N) is 1. The van der Waals surface area contributed by atoms with E-state index in [1.165, 1.54) is 0 Å². The largest absolute Gasteiger partial charge is 0.366 e. The van der Waals surface area contributed by atoms with Crippen LogP contribution in [0.4, 0.5) is 0 Å². The average molecular weight is 362 g/mol. The smallest absolute Gasteiger partial charge is 0.312 e. The van der Waals surface area contributed by atoms with Gasteiger partial charge in [0.15, 0.2) is 5.78 Å². The van der Waals surface area contributed by atoms with E-state index >= 15 is 0 Å². The van der Waals surface area contributed by atoms with Gasteiger partial charge in [-0.1, -0.05) is 31.1 Å². The van der Waals surface area contributed by atoms with E-state index in [1.807, 2.05) is 19.9 Å². The Bertz CT molecular complexity index is 714. The van der Waals surface area contributed by atoms with Crippen molar-refractivity contribution in [1.29, 1.82) is 0 Å². The van der Waals surface area contributed by atoms with Crippen LogP contribution < -0.4 is 0 Å². The lowest BCUT2D eigenvalue weighted by Crippen LogP contribution is -2.16. The van der Waals surface area contributed by atoms with Gasteiger partial charge in [0.2, 0.25) is 0 Å². The molecule has 1 aromatic rings. The molecule has 1 aliphatic rings. The topological polar surface area (TPSA) is 55.7 Å². The quantitative estimate of drug-likeness (QED) is 0.463. The summed E-state index contributed by atoms with van der Waals surface area (Å²) >= 11 is 3.30. The Morgan fingerprint density at radius 1 is 1.23 bits per heavy atom. The van der Waals surface area contributed by atoms with Crippen LogP contribution >= 0.6 is 15.9 Å². The summed E-state index contributed by atoms with van der Waals surface area (Å²) < 4.78 is 0.644. The third-order valence-electron chi connectivity index (χ3n) is 3.27. The maximum Gasteiger partial charge on any atom is 0.366 e. The summed E-state index contributed by atoms with van der Waals surface area (Å²) in [7, 11) is 0. The minimum atomic E-state index is -0.550. The summed E-state index contributed by atoms with van der Waals surface area (Å²) in [4.78, 5) is 28.8. The van der Waals surface area contributed by atoms with Crippen LogP contribution in [0.25, 0.3) is 0 Å². The Kier molecular flexibility index (Phi) is 5.08. The van der Waals surface area contributed by atoms with Crippen LogP contribution in [0, 0.1) is 5.92 Å². The van der Waals surface area contributed by atoms with Crippen molar-refractivity contribution in [1.82, 2.24) is 0 Å². The molecule has 0 unspecified atom stereocenters. The summed E-state index contributed by atoms with van der Waals surface area (Å²) in [6.45, 7) is 5.62. The molecule has 0 fully saturated rings. The average Bonchev–Trinajstić information content (AvgIpc) is 2.48. The highest BCUT2D eigenvalue weighted by molar-refractivity contribution is 9.10. The summed E-state index contributed by atoms with van der Waals surface area (Å²) in [5.41, 5.74) is 2.23. The highest BCUT2D eigenvalue weighted by Crippen LogP contribution is 2.21. The molecule has 114 valence electrons. The van der Waals surface area contributed by atoms with Gasteiger partial charge in [0.25, 0.3) is 0 Å². The number of hydrogen-bond acceptors (Lipinski definition) is 4. The molecule has 1 aromatic carbocycles. The second-order valence-corrected chi connectivity index (χ2v) is 6.14. The van der Waals surface area contributed by atoms with Gasteiger partial charge in [-0.3, -0.25) is 4.79 Å². The fourth-order valence-electron chi connectivity index (χ4n) is 2.00. The molecule has 0 amide bonds. The molecule has 0 aliphatic heterocycles. The number of rotatable bonds is 3. The van der Waals surface area contributed by atoms with Crippen LogP contribution in [0.5, 0.6) is 0 Å². The first-order valence-corrected chi connectivity index (χ1v) is 7.68. The minimum absolute atomic E-state index is 0.0419. The lowest BCUT2D eigenvalue weighted by Gasteiger charge is -2.15. The van der Waals surface area contributed by atoms with Crippen molar-refractivity contribution in [3.63, 3.8) is 0 Å². The van der Waals surface area contributed by atoms with E-state index < -0.39 is 5.97 Å². The van der Waals surface area contributed by atoms with Crippen molar-refractivity contribution in [2.75, 3.05) is 0 Å². The lowest BCUT2D eigenvalue weighted by atomic mass is 9.90. The van der Waals surface area contributed by atoms with Gasteiger partial charge in [-0.25, -0.2) is 4.79 Å². The van der Waals surface area contributed by atoms with Gasteiger partial charge < -0.3 is 4.84 Å². The van der Waals surface area contributed by atoms with Crippen molar-refractivity contribution in [2.45, 2.75) is 20.8 Å². The maximum atomic E-state index is 12.1. The van der Waals surface area contributed by atoms with Crippen molar-refractivity contribution in [2.24, 2.45) is 11.1 Å². The first-order chi connectivity index (χ1) is 10.4. The van der Waals surface area contributed by atoms with Crippen LogP contribution in [0.15, 0.2) is 57.2 Å². The molecule has 5 heteroatoms. The number of oxime groups is 1. The van der Waals surface area contributed by atoms with Gasteiger partial charge in [-0.2, -0.15) is 0 Å². The molecule has 2 rings (SSSR count). The zero-order valence-electron chi connectivity index (χ0n) is 12.6. The highest BCUT2D eigenvalue weighted by Gasteiger charge is 2.20. The number of ketones is 1. The first-order valence-electron chi connectivity index (χ1n) is 6.88. The molecule has 22 heavy (non-hydrogen) atoms. The Labute approximate surface area is 137 Å². The Morgan fingerprint density at radius 2 is 1.91 bits per heavy atom. The number of hydrogen-bond donors (Lipinski definition) is 0. The van der Waals surface area contributed by atoms with Gasteiger partial charge in [0.1, 0.15) is 5.71 Å². The molecule has 4 nitrogen and oxygen atoms in total. The summed E-state index contributed by atoms with van der Waals surface area (Å²) in [6.07, 6.45) is 3.19. The zero-order valence-corrected chi connectivity index (χ0v) is 14.2. The molecule has 0 spiro atoms. The van der Waals surface area contributed by atoms with Gasteiger partial charge >= 0.3 is 5.97 Å². The summed E-state index contributed by atoms with van der Waals surface area (Å²) in [5, 5.41) is 3.94. The molecule has 0 aromatic heterocycles. The monoisotopic (exact) mass is 361 g/mol. The molecule has 0 saturated carbocycles. The molecular weight excluding hydrogens is 346 g/mol. The predicted molar refractivity (Wildman–Crippen MR) is 88.7 cm³/mol. The van der Waals surface area contributed by atoms with E-state index in [9.17, 15) is 9.59 Å². The van der Waals surface area contributed by atoms with Crippen molar-refractivity contribution in [3.8, 4) is 0 Å². The van der Waals surface area contributed by atoms with Crippen molar-refractivity contribution in [3.05, 3.63) is 57.6 Å². The molecule has 0 radical (unpaired) electrons. The minimum Gasteiger partial charge on any atom is -0.312 e. The second-order valence-electron chi connectivity index (χ2n) is 5.28. The third-order valence-corrected chi connectivity index (χ3v) is 3.96. The molecule has 0 heterocycles. The number of benzene rings is 1. The molecule has 0 N–H and O–H groups in total. The van der Waals surface area contributed by atoms with Crippen LogP contribution in [0.1, 0.15) is 31.1 Å². The predicted octanol–water partition coefficient (Wildman–Crippen LogP) is 4.07. The van der Waals surface area contributed by atoms with E-state index in [-0.39, 0.29) is 11.7 Å². The Hall–Kier alpha value is -2.01. The van der Waals surface area contributed by atoms with Gasteiger partial charge in [0.05, 0.1) is 5.56 Å². The zero-order chi connectivity index (χ0) is 16.3. The normalized spacial score (nSPS) is 16.6. The van der Waals surface area contributed by atoms with Gasteiger partial charge in [-0.05, 0) is 64.2 Å². The summed E-state index contributed by atoms with van der Waals surface area (Å²) in [5.74, 6) is -0.486.